The summed E-state index contributed by atoms with van der Waals surface area (Å²) < 4.78 is 34.5. The number of fused-ring (bicyclic) bond motifs is 5. The molecule has 1 saturated carbocycles. The lowest BCUT2D eigenvalue weighted by atomic mass is 9.66. The van der Waals surface area contributed by atoms with Crippen LogP contribution >= 0.6 is 0 Å². The van der Waals surface area contributed by atoms with Gasteiger partial charge >= 0.3 is 0 Å². The van der Waals surface area contributed by atoms with Gasteiger partial charge in [-0.15, -0.1) is 15.3 Å². The third kappa shape index (κ3) is 2.60. The normalized spacial score (nSPS) is 22.5. The first kappa shape index (κ1) is 20.1. The van der Waals surface area contributed by atoms with Crippen molar-refractivity contribution in [3.8, 4) is 22.7 Å². The standard InChI is InChI=1S/C25H21F2N5O/c1-13-29-32-23(33-13)14-8-10-28-20(11-14)25-9-7-16(24(25,2)3)15-12-19(30-31-22(15)25)21-17(26)5-4-6-18(21)27/h4-6,8,10-12,16H,7,9H2,1-3H3/t16-,25-/m0/s1. The van der Waals surface area contributed by atoms with Crippen LogP contribution in [-0.2, 0) is 5.41 Å². The number of aromatic nitrogens is 5. The summed E-state index contributed by atoms with van der Waals surface area (Å²) in [6.07, 6.45) is 3.53. The SMILES string of the molecule is Cc1nnc(-c2ccnc([C@@]34CC[C@@H](c5cc(-c6c(F)cccc6F)nnc53)C4(C)C)c2)o1. The summed E-state index contributed by atoms with van der Waals surface area (Å²) in [6.45, 7) is 6.17. The van der Waals surface area contributed by atoms with Crippen molar-refractivity contribution in [3.63, 3.8) is 0 Å². The first-order valence-electron chi connectivity index (χ1n) is 10.9. The zero-order valence-corrected chi connectivity index (χ0v) is 18.4. The van der Waals surface area contributed by atoms with E-state index < -0.39 is 17.0 Å². The summed E-state index contributed by atoms with van der Waals surface area (Å²) in [5.41, 5.74) is 2.85. The molecule has 2 aliphatic rings. The summed E-state index contributed by atoms with van der Waals surface area (Å²) in [5.74, 6) is -0.189. The summed E-state index contributed by atoms with van der Waals surface area (Å²) in [7, 11) is 0. The van der Waals surface area contributed by atoms with Crippen LogP contribution < -0.4 is 0 Å². The van der Waals surface area contributed by atoms with Crippen LogP contribution in [0.2, 0.25) is 0 Å². The van der Waals surface area contributed by atoms with Crippen LogP contribution in [0.4, 0.5) is 8.78 Å². The average molecular weight is 445 g/mol. The molecule has 4 aromatic rings. The molecule has 0 N–H and O–H groups in total. The number of pyridine rings is 1. The number of hydrogen-bond acceptors (Lipinski definition) is 6. The van der Waals surface area contributed by atoms with E-state index in [0.29, 0.717) is 11.8 Å². The van der Waals surface area contributed by atoms with Crippen LogP contribution in [0.15, 0.2) is 47.0 Å². The Balaban J connectivity index is 1.53. The highest BCUT2D eigenvalue weighted by molar-refractivity contribution is 5.64. The van der Waals surface area contributed by atoms with Crippen molar-refractivity contribution in [2.45, 2.75) is 44.9 Å². The molecular formula is C25H21F2N5O. The lowest BCUT2D eigenvalue weighted by Crippen LogP contribution is -2.37. The maximum atomic E-state index is 14.4. The number of rotatable bonds is 3. The van der Waals surface area contributed by atoms with E-state index >= 15 is 0 Å². The van der Waals surface area contributed by atoms with E-state index in [1.165, 1.54) is 18.2 Å². The Bertz CT molecular complexity index is 1400. The molecule has 0 saturated heterocycles. The van der Waals surface area contributed by atoms with Crippen LogP contribution in [-0.4, -0.2) is 25.4 Å². The summed E-state index contributed by atoms with van der Waals surface area (Å²) in [4.78, 5) is 4.75. The Kier molecular flexibility index (Phi) is 4.09. The smallest absolute Gasteiger partial charge is 0.247 e. The van der Waals surface area contributed by atoms with Crippen LogP contribution in [0.3, 0.4) is 0 Å². The number of benzene rings is 1. The molecule has 1 aromatic carbocycles. The zero-order valence-electron chi connectivity index (χ0n) is 18.4. The minimum Gasteiger partial charge on any atom is -0.421 e. The predicted octanol–water partition coefficient (Wildman–Crippen LogP) is 5.38. The van der Waals surface area contributed by atoms with Gasteiger partial charge in [-0.1, -0.05) is 19.9 Å². The van der Waals surface area contributed by atoms with Crippen LogP contribution in [0.5, 0.6) is 0 Å². The molecule has 0 aliphatic heterocycles. The molecule has 33 heavy (non-hydrogen) atoms. The van der Waals surface area contributed by atoms with E-state index in [2.05, 4.69) is 34.2 Å². The quantitative estimate of drug-likeness (QED) is 0.421. The Labute approximate surface area is 189 Å². The van der Waals surface area contributed by atoms with Crippen molar-refractivity contribution in [2.75, 3.05) is 0 Å². The van der Waals surface area contributed by atoms with Gasteiger partial charge in [0.2, 0.25) is 11.8 Å². The lowest BCUT2D eigenvalue weighted by Gasteiger charge is -2.37. The van der Waals surface area contributed by atoms with Gasteiger partial charge in [-0.3, -0.25) is 4.98 Å². The molecule has 166 valence electrons. The lowest BCUT2D eigenvalue weighted by molar-refractivity contribution is 0.243. The van der Waals surface area contributed by atoms with Gasteiger partial charge in [0.05, 0.1) is 28.1 Å². The number of hydrogen-bond donors (Lipinski definition) is 0. The topological polar surface area (TPSA) is 77.6 Å². The maximum Gasteiger partial charge on any atom is 0.247 e. The van der Waals surface area contributed by atoms with Crippen LogP contribution in [0.1, 0.15) is 55.4 Å². The Hall–Kier alpha value is -3.55. The van der Waals surface area contributed by atoms with Crippen LogP contribution in [0.25, 0.3) is 22.7 Å². The van der Waals surface area contributed by atoms with E-state index in [1.807, 2.05) is 18.2 Å². The Morgan fingerprint density at radius 1 is 1.00 bits per heavy atom. The van der Waals surface area contributed by atoms with Crippen molar-refractivity contribution in [2.24, 2.45) is 5.41 Å². The van der Waals surface area contributed by atoms with Crippen molar-refractivity contribution < 1.29 is 13.2 Å². The second kappa shape index (κ2) is 6.73. The van der Waals surface area contributed by atoms with E-state index in [4.69, 9.17) is 9.40 Å². The first-order chi connectivity index (χ1) is 15.8. The third-order valence-electron chi connectivity index (χ3n) is 7.57. The molecule has 1 fully saturated rings. The Morgan fingerprint density at radius 3 is 2.52 bits per heavy atom. The summed E-state index contributed by atoms with van der Waals surface area (Å²) in [6, 6.07) is 9.45. The molecule has 8 heteroatoms. The molecule has 3 aromatic heterocycles. The van der Waals surface area contributed by atoms with E-state index in [1.54, 1.807) is 13.1 Å². The zero-order chi connectivity index (χ0) is 23.0. The third-order valence-corrected chi connectivity index (χ3v) is 7.57. The molecule has 6 nitrogen and oxygen atoms in total. The van der Waals surface area contributed by atoms with E-state index in [9.17, 15) is 8.78 Å². The molecular weight excluding hydrogens is 424 g/mol. The second-order valence-corrected chi connectivity index (χ2v) is 9.40. The number of nitrogens with zero attached hydrogens (tertiary/aromatic N) is 5. The summed E-state index contributed by atoms with van der Waals surface area (Å²) in [5, 5.41) is 16.9. The minimum absolute atomic E-state index is 0.144. The van der Waals surface area contributed by atoms with Gasteiger partial charge in [0.1, 0.15) is 11.6 Å². The van der Waals surface area contributed by atoms with Crippen molar-refractivity contribution in [1.82, 2.24) is 25.4 Å². The molecule has 3 heterocycles. The van der Waals surface area contributed by atoms with Gasteiger partial charge in [-0.2, -0.15) is 5.10 Å². The van der Waals surface area contributed by atoms with Gasteiger partial charge in [0.15, 0.2) is 0 Å². The molecule has 0 unspecified atom stereocenters. The molecule has 0 radical (unpaired) electrons. The van der Waals surface area contributed by atoms with Gasteiger partial charge in [-0.05, 0) is 60.1 Å². The predicted molar refractivity (Wildman–Crippen MR) is 116 cm³/mol. The van der Waals surface area contributed by atoms with Gasteiger partial charge in [0.25, 0.3) is 0 Å². The minimum atomic E-state index is -0.648. The maximum absolute atomic E-state index is 14.4. The fraction of sp³-hybridized carbons (Fsp3) is 0.320. The Morgan fingerprint density at radius 2 is 1.79 bits per heavy atom. The molecule has 0 amide bonds. The molecule has 0 spiro atoms. The highest BCUT2D eigenvalue weighted by Crippen LogP contribution is 2.69. The van der Waals surface area contributed by atoms with E-state index in [-0.39, 0.29) is 22.6 Å². The van der Waals surface area contributed by atoms with Crippen LogP contribution in [0, 0.1) is 24.0 Å². The van der Waals surface area contributed by atoms with Gasteiger partial charge < -0.3 is 4.42 Å². The monoisotopic (exact) mass is 445 g/mol. The number of halogens is 2. The van der Waals surface area contributed by atoms with Gasteiger partial charge in [0, 0.05) is 18.7 Å². The second-order valence-electron chi connectivity index (χ2n) is 9.40. The molecule has 2 aliphatic carbocycles. The fourth-order valence-electron chi connectivity index (χ4n) is 5.97. The van der Waals surface area contributed by atoms with Crippen molar-refractivity contribution >= 4 is 0 Å². The van der Waals surface area contributed by atoms with Gasteiger partial charge in [-0.25, -0.2) is 8.78 Å². The highest BCUT2D eigenvalue weighted by Gasteiger charge is 2.65. The molecule has 2 atom stereocenters. The summed E-state index contributed by atoms with van der Waals surface area (Å²) >= 11 is 0. The largest absolute Gasteiger partial charge is 0.421 e. The van der Waals surface area contributed by atoms with Crippen molar-refractivity contribution in [3.05, 3.63) is 77.1 Å². The van der Waals surface area contributed by atoms with E-state index in [0.717, 1.165) is 35.4 Å². The first-order valence-corrected chi connectivity index (χ1v) is 10.9. The molecule has 2 bridgehead atoms. The van der Waals surface area contributed by atoms with Crippen molar-refractivity contribution in [1.29, 1.82) is 0 Å². The molecule has 6 rings (SSSR count). The average Bonchev–Trinajstić information content (AvgIpc) is 3.40. The highest BCUT2D eigenvalue weighted by atomic mass is 19.1. The fourth-order valence-corrected chi connectivity index (χ4v) is 5.97. The number of aryl methyl sites for hydroxylation is 1.